The van der Waals surface area contributed by atoms with Gasteiger partial charge in [-0.1, -0.05) is 30.3 Å². The van der Waals surface area contributed by atoms with Gasteiger partial charge in [-0.3, -0.25) is 9.97 Å². The Labute approximate surface area is 243 Å². The van der Waals surface area contributed by atoms with Crippen LogP contribution < -0.4 is 0 Å². The van der Waals surface area contributed by atoms with Crippen molar-refractivity contribution in [1.29, 1.82) is 5.26 Å². The highest BCUT2D eigenvalue weighted by atomic mass is 35.5. The van der Waals surface area contributed by atoms with Gasteiger partial charge < -0.3 is 14.4 Å². The van der Waals surface area contributed by atoms with Crippen molar-refractivity contribution >= 4 is 54.1 Å². The zero-order valence-corrected chi connectivity index (χ0v) is 23.0. The van der Waals surface area contributed by atoms with Crippen LogP contribution in [0.3, 0.4) is 0 Å². The number of carboxylic acid groups (broad SMARTS) is 1. The Morgan fingerprint density at radius 2 is 1.82 bits per heavy atom. The Kier molecular flexibility index (Phi) is 11.0. The molecule has 0 aliphatic rings. The van der Waals surface area contributed by atoms with E-state index in [0.29, 0.717) is 11.3 Å². The normalized spacial score (nSPS) is 10.9. The standard InChI is InChI=1S/C28H21N5O3.3ClH/c1-33-17-30-15-25(33)27(36-16-22-10-9-21(14-32-22)28(34)35)19-7-8-20(13-29)24(12-19)23-6-2-4-18-5-3-11-31-26(18)23;;;/h2-12,14-15,17,27H,16H2,1H3,(H,34,35);3*1H. The number of ether oxygens (including phenoxy) is 1. The number of para-hydroxylation sites is 1. The lowest BCUT2D eigenvalue weighted by Crippen LogP contribution is -2.11. The number of carboxylic acids is 1. The highest BCUT2D eigenvalue weighted by Gasteiger charge is 2.21. The van der Waals surface area contributed by atoms with Crippen molar-refractivity contribution in [1.82, 2.24) is 19.5 Å². The van der Waals surface area contributed by atoms with Crippen molar-refractivity contribution in [3.8, 4) is 17.2 Å². The van der Waals surface area contributed by atoms with E-state index in [2.05, 4.69) is 21.0 Å². The molecule has 0 bridgehead atoms. The molecule has 0 amide bonds. The Balaban J connectivity index is 0.00000178. The van der Waals surface area contributed by atoms with Gasteiger partial charge >= 0.3 is 5.97 Å². The minimum absolute atomic E-state index is 0. The van der Waals surface area contributed by atoms with Gasteiger partial charge in [0.1, 0.15) is 6.10 Å². The molecule has 3 heterocycles. The van der Waals surface area contributed by atoms with Crippen molar-refractivity contribution in [2.45, 2.75) is 12.7 Å². The van der Waals surface area contributed by atoms with Gasteiger partial charge in [0.15, 0.2) is 0 Å². The summed E-state index contributed by atoms with van der Waals surface area (Å²) >= 11 is 0. The van der Waals surface area contributed by atoms with E-state index < -0.39 is 12.1 Å². The summed E-state index contributed by atoms with van der Waals surface area (Å²) in [5.41, 5.74) is 5.34. The van der Waals surface area contributed by atoms with Crippen molar-refractivity contribution in [3.63, 3.8) is 0 Å². The summed E-state index contributed by atoms with van der Waals surface area (Å²) in [5.74, 6) is -1.03. The number of aromatic carboxylic acids is 1. The van der Waals surface area contributed by atoms with Gasteiger partial charge in [-0.2, -0.15) is 5.26 Å². The predicted octanol–water partition coefficient (Wildman–Crippen LogP) is 6.17. The molecule has 2 aromatic carbocycles. The van der Waals surface area contributed by atoms with Crippen LogP contribution in [0.4, 0.5) is 0 Å². The van der Waals surface area contributed by atoms with Gasteiger partial charge in [0, 0.05) is 36.0 Å². The molecule has 1 N–H and O–H groups in total. The number of nitrogens with zero attached hydrogens (tertiary/aromatic N) is 5. The van der Waals surface area contributed by atoms with Crippen LogP contribution in [-0.4, -0.2) is 30.6 Å². The van der Waals surface area contributed by atoms with Gasteiger partial charge in [-0.05, 0) is 35.9 Å². The molecular weight excluding hydrogens is 561 g/mol. The molecule has 1 unspecified atom stereocenters. The highest BCUT2D eigenvalue weighted by Crippen LogP contribution is 2.34. The van der Waals surface area contributed by atoms with Crippen LogP contribution in [0.5, 0.6) is 0 Å². The third-order valence-corrected chi connectivity index (χ3v) is 5.98. The van der Waals surface area contributed by atoms with Gasteiger partial charge in [-0.15, -0.1) is 37.2 Å². The third kappa shape index (κ3) is 6.53. The molecule has 0 aliphatic carbocycles. The summed E-state index contributed by atoms with van der Waals surface area (Å²) in [7, 11) is 1.89. The Morgan fingerprint density at radius 1 is 1.03 bits per heavy atom. The van der Waals surface area contributed by atoms with Crippen LogP contribution in [0.1, 0.15) is 39.0 Å². The number of pyridine rings is 2. The van der Waals surface area contributed by atoms with E-state index in [0.717, 1.165) is 33.3 Å². The van der Waals surface area contributed by atoms with E-state index in [1.165, 1.54) is 12.3 Å². The molecule has 11 heteroatoms. The van der Waals surface area contributed by atoms with E-state index in [9.17, 15) is 10.1 Å². The number of imidazole rings is 1. The fourth-order valence-electron chi connectivity index (χ4n) is 4.14. The van der Waals surface area contributed by atoms with Crippen LogP contribution in [0.25, 0.3) is 22.0 Å². The number of hydrogen-bond donors (Lipinski definition) is 1. The average Bonchev–Trinajstić information content (AvgIpc) is 3.34. The topological polar surface area (TPSA) is 114 Å². The fourth-order valence-corrected chi connectivity index (χ4v) is 4.14. The maximum absolute atomic E-state index is 11.1. The minimum atomic E-state index is -1.03. The number of fused-ring (bicyclic) bond motifs is 1. The van der Waals surface area contributed by atoms with Crippen molar-refractivity contribution in [2.75, 3.05) is 0 Å². The van der Waals surface area contributed by atoms with E-state index in [4.69, 9.17) is 9.84 Å². The summed E-state index contributed by atoms with van der Waals surface area (Å²) in [6.45, 7) is 0.154. The molecule has 0 aliphatic heterocycles. The molecule has 0 spiro atoms. The molecule has 5 rings (SSSR count). The number of carbonyl (C=O) groups is 1. The first-order chi connectivity index (χ1) is 17.5. The lowest BCUT2D eigenvalue weighted by atomic mass is 9.93. The first-order valence-corrected chi connectivity index (χ1v) is 11.2. The van der Waals surface area contributed by atoms with Gasteiger partial charge in [-0.25, -0.2) is 9.78 Å². The second-order valence-electron chi connectivity index (χ2n) is 8.26. The Bertz CT molecular complexity index is 1610. The smallest absolute Gasteiger partial charge is 0.337 e. The van der Waals surface area contributed by atoms with Crippen molar-refractivity contribution in [2.24, 2.45) is 7.05 Å². The maximum Gasteiger partial charge on any atom is 0.337 e. The van der Waals surface area contributed by atoms with E-state index >= 15 is 0 Å². The Hall–Kier alpha value is -4.00. The number of benzene rings is 2. The molecule has 0 saturated heterocycles. The zero-order valence-electron chi connectivity index (χ0n) is 20.6. The van der Waals surface area contributed by atoms with Crippen LogP contribution >= 0.6 is 37.2 Å². The second-order valence-corrected chi connectivity index (χ2v) is 8.26. The van der Waals surface area contributed by atoms with Crippen molar-refractivity contribution in [3.05, 3.63) is 114 Å². The van der Waals surface area contributed by atoms with Crippen LogP contribution in [0.2, 0.25) is 0 Å². The Morgan fingerprint density at radius 3 is 2.49 bits per heavy atom. The summed E-state index contributed by atoms with van der Waals surface area (Å²) in [5, 5.41) is 20.0. The third-order valence-electron chi connectivity index (χ3n) is 5.98. The number of rotatable bonds is 7. The second kappa shape index (κ2) is 13.7. The highest BCUT2D eigenvalue weighted by molar-refractivity contribution is 5.95. The van der Waals surface area contributed by atoms with Gasteiger partial charge in [0.2, 0.25) is 0 Å². The fraction of sp³-hybridized carbons (Fsp3) is 0.107. The lowest BCUT2D eigenvalue weighted by molar-refractivity contribution is 0.0599. The number of halogens is 3. The zero-order chi connectivity index (χ0) is 25.1. The number of aromatic nitrogens is 4. The minimum Gasteiger partial charge on any atom is -0.478 e. The number of nitriles is 1. The molecule has 0 fully saturated rings. The molecule has 8 nitrogen and oxygen atoms in total. The van der Waals surface area contributed by atoms with Crippen LogP contribution in [-0.2, 0) is 18.4 Å². The lowest BCUT2D eigenvalue weighted by Gasteiger charge is -2.20. The summed E-state index contributed by atoms with van der Waals surface area (Å²) < 4.78 is 8.20. The molecule has 0 radical (unpaired) electrons. The average molecular weight is 585 g/mol. The monoisotopic (exact) mass is 583 g/mol. The van der Waals surface area contributed by atoms with E-state index in [1.54, 1.807) is 30.9 Å². The van der Waals surface area contributed by atoms with Crippen LogP contribution in [0.15, 0.2) is 85.6 Å². The molecule has 0 saturated carbocycles. The molecule has 5 aromatic rings. The molecule has 1 atom stereocenters. The van der Waals surface area contributed by atoms with Crippen molar-refractivity contribution < 1.29 is 14.6 Å². The quantitative estimate of drug-likeness (QED) is 0.243. The van der Waals surface area contributed by atoms with E-state index in [1.807, 2.05) is 54.1 Å². The van der Waals surface area contributed by atoms with E-state index in [-0.39, 0.29) is 49.4 Å². The van der Waals surface area contributed by atoms with Gasteiger partial charge in [0.25, 0.3) is 0 Å². The summed E-state index contributed by atoms with van der Waals surface area (Å²) in [6, 6.07) is 20.8. The molecular formula is C28H24Cl3N5O3. The predicted molar refractivity (Wildman–Crippen MR) is 155 cm³/mol. The number of hydrogen-bond acceptors (Lipinski definition) is 6. The summed E-state index contributed by atoms with van der Waals surface area (Å²) in [6.07, 6.45) is 5.99. The van der Waals surface area contributed by atoms with Gasteiger partial charge in [0.05, 0.1) is 53.2 Å². The summed E-state index contributed by atoms with van der Waals surface area (Å²) in [4.78, 5) is 24.2. The molecule has 3 aromatic heterocycles. The largest absolute Gasteiger partial charge is 0.478 e. The number of aryl methyl sites for hydroxylation is 1. The van der Waals surface area contributed by atoms with Crippen LogP contribution in [0, 0.1) is 11.3 Å². The first kappa shape index (κ1) is 31.2. The first-order valence-electron chi connectivity index (χ1n) is 11.2. The molecule has 39 heavy (non-hydrogen) atoms. The maximum atomic E-state index is 11.1. The molecule has 200 valence electrons. The SMILES string of the molecule is Cl.Cl.Cl.Cn1cncc1C(OCc1ccc(C(=O)O)cn1)c1ccc(C#N)c(-c2cccc3cccnc23)c1.